The third kappa shape index (κ3) is 3.51. The molecule has 0 saturated heterocycles. The molecule has 0 aliphatic rings. The summed E-state index contributed by atoms with van der Waals surface area (Å²) in [5.74, 6) is -0.296. The van der Waals surface area contributed by atoms with Crippen molar-refractivity contribution in [1.82, 2.24) is 14.9 Å². The van der Waals surface area contributed by atoms with Gasteiger partial charge in [0.15, 0.2) is 0 Å². The number of methoxy groups -OCH3 is 1. The molecule has 1 aromatic carbocycles. The summed E-state index contributed by atoms with van der Waals surface area (Å²) in [5.41, 5.74) is 0.837. The van der Waals surface area contributed by atoms with Gasteiger partial charge in [0.2, 0.25) is 0 Å². The second kappa shape index (κ2) is 7.35. The number of aromatic nitrogens is 2. The fourth-order valence-corrected chi connectivity index (χ4v) is 3.90. The van der Waals surface area contributed by atoms with E-state index in [0.717, 1.165) is 11.3 Å². The smallest absolute Gasteiger partial charge is 0.348 e. The number of esters is 1. The summed E-state index contributed by atoms with van der Waals surface area (Å²) in [6.45, 7) is 2.42. The first-order chi connectivity index (χ1) is 12.4. The minimum atomic E-state index is -0.483. The third-order valence-electron chi connectivity index (χ3n) is 4.04. The van der Waals surface area contributed by atoms with E-state index < -0.39 is 5.97 Å². The van der Waals surface area contributed by atoms with Crippen LogP contribution in [0.5, 0.6) is 0 Å². The number of H-pyrrole nitrogens is 1. The summed E-state index contributed by atoms with van der Waals surface area (Å²) in [4.78, 5) is 34.2. The second-order valence-electron chi connectivity index (χ2n) is 6.00. The van der Waals surface area contributed by atoms with Crippen molar-refractivity contribution in [3.8, 4) is 0 Å². The van der Waals surface area contributed by atoms with E-state index in [0.29, 0.717) is 45.1 Å². The van der Waals surface area contributed by atoms with E-state index in [1.807, 2.05) is 11.9 Å². The van der Waals surface area contributed by atoms with Gasteiger partial charge in [0, 0.05) is 12.1 Å². The van der Waals surface area contributed by atoms with Crippen LogP contribution < -0.4 is 5.56 Å². The second-order valence-corrected chi connectivity index (χ2v) is 7.00. The first kappa shape index (κ1) is 18.2. The minimum absolute atomic E-state index is 0.271. The summed E-state index contributed by atoms with van der Waals surface area (Å²) in [5, 5.41) is 0.399. The average Bonchev–Trinajstić information content (AvgIpc) is 2.93. The zero-order chi connectivity index (χ0) is 18.8. The van der Waals surface area contributed by atoms with Gasteiger partial charge in [-0.15, -0.1) is 11.3 Å². The maximum atomic E-state index is 13.8. The van der Waals surface area contributed by atoms with Crippen molar-refractivity contribution in [2.75, 3.05) is 14.2 Å². The zero-order valence-electron chi connectivity index (χ0n) is 14.6. The number of hydrogen-bond donors (Lipinski definition) is 1. The average molecular weight is 375 g/mol. The number of halogens is 1. The fourth-order valence-electron chi connectivity index (χ4n) is 2.78. The number of aromatic amines is 1. The lowest BCUT2D eigenvalue weighted by molar-refractivity contribution is 0.0605. The van der Waals surface area contributed by atoms with Crippen molar-refractivity contribution in [2.45, 2.75) is 20.0 Å². The van der Waals surface area contributed by atoms with Crippen LogP contribution in [-0.2, 0) is 17.8 Å². The van der Waals surface area contributed by atoms with Gasteiger partial charge < -0.3 is 9.72 Å². The van der Waals surface area contributed by atoms with E-state index in [1.165, 1.54) is 13.2 Å². The largest absolute Gasteiger partial charge is 0.465 e. The van der Waals surface area contributed by atoms with Crippen LogP contribution >= 0.6 is 11.3 Å². The first-order valence-corrected chi connectivity index (χ1v) is 8.75. The Labute approximate surface area is 153 Å². The van der Waals surface area contributed by atoms with Gasteiger partial charge in [-0.2, -0.15) is 0 Å². The normalized spacial score (nSPS) is 11.3. The van der Waals surface area contributed by atoms with Crippen LogP contribution in [0.15, 0.2) is 29.1 Å². The number of aryl methyl sites for hydroxylation is 1. The molecule has 0 fully saturated rings. The number of ether oxygens (including phenoxy) is 1. The molecule has 8 heteroatoms. The Morgan fingerprint density at radius 1 is 1.35 bits per heavy atom. The Balaban J connectivity index is 1.88. The van der Waals surface area contributed by atoms with Crippen LogP contribution in [0.1, 0.15) is 26.6 Å². The summed E-state index contributed by atoms with van der Waals surface area (Å²) in [6.07, 6.45) is 0. The standard InChI is InChI=1S/C18H18FN3O3S/c1-10-14-16(23)20-13(21-17(14)26-15(10)18(24)25-3)9-22(2)8-11-6-4-5-7-12(11)19/h4-7H,8-9H2,1-3H3,(H,20,21,23). The van der Waals surface area contributed by atoms with Crippen molar-refractivity contribution >= 4 is 27.5 Å². The van der Waals surface area contributed by atoms with Crippen LogP contribution in [0.25, 0.3) is 10.2 Å². The number of benzene rings is 1. The number of nitrogens with one attached hydrogen (secondary N) is 1. The van der Waals surface area contributed by atoms with Crippen LogP contribution in [0.4, 0.5) is 4.39 Å². The van der Waals surface area contributed by atoms with E-state index in [-0.39, 0.29) is 11.4 Å². The Morgan fingerprint density at radius 2 is 2.08 bits per heavy atom. The van der Waals surface area contributed by atoms with Crippen molar-refractivity contribution in [3.05, 3.63) is 62.3 Å². The molecule has 0 amide bonds. The van der Waals surface area contributed by atoms with Gasteiger partial charge in [-0.25, -0.2) is 14.2 Å². The molecule has 0 atom stereocenters. The molecule has 2 heterocycles. The summed E-state index contributed by atoms with van der Waals surface area (Å²) in [7, 11) is 3.11. The summed E-state index contributed by atoms with van der Waals surface area (Å²) >= 11 is 1.13. The molecule has 0 aliphatic heterocycles. The van der Waals surface area contributed by atoms with Gasteiger partial charge in [0.05, 0.1) is 19.0 Å². The van der Waals surface area contributed by atoms with E-state index in [2.05, 4.69) is 9.97 Å². The van der Waals surface area contributed by atoms with Crippen LogP contribution in [0, 0.1) is 12.7 Å². The van der Waals surface area contributed by atoms with Crippen LogP contribution in [0.2, 0.25) is 0 Å². The molecule has 3 rings (SSSR count). The SMILES string of the molecule is COC(=O)c1sc2nc(CN(C)Cc3ccccc3F)[nH]c(=O)c2c1C. The Hall–Kier alpha value is -2.58. The molecule has 26 heavy (non-hydrogen) atoms. The van der Waals surface area contributed by atoms with Gasteiger partial charge in [-0.3, -0.25) is 9.69 Å². The van der Waals surface area contributed by atoms with Gasteiger partial charge in [0.25, 0.3) is 5.56 Å². The van der Waals surface area contributed by atoms with E-state index in [9.17, 15) is 14.0 Å². The van der Waals surface area contributed by atoms with Crippen molar-refractivity contribution in [3.63, 3.8) is 0 Å². The Bertz CT molecular complexity index is 1030. The lowest BCUT2D eigenvalue weighted by atomic mass is 10.2. The number of carbonyl (C=O) groups is 1. The highest BCUT2D eigenvalue weighted by atomic mass is 32.1. The van der Waals surface area contributed by atoms with Crippen LogP contribution in [0.3, 0.4) is 0 Å². The molecular weight excluding hydrogens is 357 g/mol. The highest BCUT2D eigenvalue weighted by molar-refractivity contribution is 7.20. The zero-order valence-corrected chi connectivity index (χ0v) is 15.4. The van der Waals surface area contributed by atoms with Crippen LogP contribution in [-0.4, -0.2) is 35.0 Å². The van der Waals surface area contributed by atoms with Crippen molar-refractivity contribution in [2.24, 2.45) is 0 Å². The third-order valence-corrected chi connectivity index (χ3v) is 5.20. The summed E-state index contributed by atoms with van der Waals surface area (Å²) < 4.78 is 18.5. The van der Waals surface area contributed by atoms with Gasteiger partial charge in [-0.1, -0.05) is 18.2 Å². The first-order valence-electron chi connectivity index (χ1n) is 7.93. The molecular formula is C18H18FN3O3S. The molecule has 0 spiro atoms. The van der Waals surface area contributed by atoms with Gasteiger partial charge in [-0.05, 0) is 25.6 Å². The molecule has 1 N–H and O–H groups in total. The predicted octanol–water partition coefficient (Wildman–Crippen LogP) is 2.85. The molecule has 3 aromatic rings. The maximum Gasteiger partial charge on any atom is 0.348 e. The predicted molar refractivity (Wildman–Crippen MR) is 97.9 cm³/mol. The maximum absolute atomic E-state index is 13.8. The number of carbonyl (C=O) groups excluding carboxylic acids is 1. The van der Waals surface area contributed by atoms with Gasteiger partial charge >= 0.3 is 5.97 Å². The number of rotatable bonds is 5. The lowest BCUT2D eigenvalue weighted by Gasteiger charge is -2.16. The monoisotopic (exact) mass is 375 g/mol. The molecule has 136 valence electrons. The molecule has 0 unspecified atom stereocenters. The molecule has 2 aromatic heterocycles. The summed E-state index contributed by atoms with van der Waals surface area (Å²) in [6, 6.07) is 6.56. The fraction of sp³-hybridized carbons (Fsp3) is 0.278. The number of hydrogen-bond acceptors (Lipinski definition) is 6. The molecule has 0 aliphatic carbocycles. The lowest BCUT2D eigenvalue weighted by Crippen LogP contribution is -2.22. The topological polar surface area (TPSA) is 75.3 Å². The molecule has 0 saturated carbocycles. The van der Waals surface area contributed by atoms with E-state index in [4.69, 9.17) is 4.74 Å². The number of nitrogens with zero attached hydrogens (tertiary/aromatic N) is 2. The highest BCUT2D eigenvalue weighted by Crippen LogP contribution is 2.27. The van der Waals surface area contributed by atoms with Crippen molar-refractivity contribution < 1.29 is 13.9 Å². The highest BCUT2D eigenvalue weighted by Gasteiger charge is 2.20. The Kier molecular flexibility index (Phi) is 5.15. The molecule has 0 bridgehead atoms. The van der Waals surface area contributed by atoms with E-state index >= 15 is 0 Å². The van der Waals surface area contributed by atoms with E-state index in [1.54, 1.807) is 25.1 Å². The molecule has 0 radical (unpaired) electrons. The number of thiophene rings is 1. The minimum Gasteiger partial charge on any atom is -0.465 e. The van der Waals surface area contributed by atoms with Gasteiger partial charge in [0.1, 0.15) is 21.3 Å². The molecule has 6 nitrogen and oxygen atoms in total. The number of fused-ring (bicyclic) bond motifs is 1. The quantitative estimate of drug-likeness (QED) is 0.694. The van der Waals surface area contributed by atoms with Crippen molar-refractivity contribution in [1.29, 1.82) is 0 Å². The Morgan fingerprint density at radius 3 is 2.77 bits per heavy atom.